The van der Waals surface area contributed by atoms with E-state index in [1.54, 1.807) is 58.9 Å². The predicted octanol–water partition coefficient (Wildman–Crippen LogP) is 7.46. The number of nitrogens with one attached hydrogen (secondary N) is 2. The Morgan fingerprint density at radius 3 is 2.07 bits per heavy atom. The molecule has 1 amide bonds. The summed E-state index contributed by atoms with van der Waals surface area (Å²) in [7, 11) is -3.98. The molecule has 1 atom stereocenters. The van der Waals surface area contributed by atoms with Gasteiger partial charge in [0.1, 0.15) is 17.2 Å². The number of anilines is 1. The molecule has 5 rings (SSSR count). The topological polar surface area (TPSA) is 115 Å². The first-order chi connectivity index (χ1) is 20.7. The van der Waals surface area contributed by atoms with E-state index >= 15 is 0 Å². The van der Waals surface area contributed by atoms with Crippen molar-refractivity contribution in [1.29, 1.82) is 0 Å². The van der Waals surface area contributed by atoms with Crippen molar-refractivity contribution in [1.82, 2.24) is 4.72 Å². The molecule has 5 aromatic rings. The fourth-order valence-electron chi connectivity index (χ4n) is 5.06. The van der Waals surface area contributed by atoms with Crippen molar-refractivity contribution in [2.24, 2.45) is 5.92 Å². The normalized spacial score (nSPS) is 12.9. The second kappa shape index (κ2) is 11.9. The van der Waals surface area contributed by atoms with Gasteiger partial charge in [0.25, 0.3) is 5.91 Å². The molecule has 0 radical (unpaired) electrons. The Bertz CT molecular complexity index is 1950. The lowest BCUT2D eigenvalue weighted by Crippen LogP contribution is -2.47. The third kappa shape index (κ3) is 6.54. The fraction of sp³-hybridized carbons (Fsp3) is 0.257. The molecule has 9 heteroatoms. The molecule has 0 aliphatic rings. The molecule has 0 aliphatic heterocycles. The van der Waals surface area contributed by atoms with Gasteiger partial charge in [0.05, 0.1) is 4.90 Å². The molecule has 1 aromatic heterocycles. The minimum absolute atomic E-state index is 0.0355. The Hall–Kier alpha value is -4.47. The number of hydrogen-bond acceptors (Lipinski definition) is 6. The van der Waals surface area contributed by atoms with Crippen molar-refractivity contribution in [2.45, 2.75) is 58.1 Å². The molecule has 0 spiro atoms. The third-order valence-electron chi connectivity index (χ3n) is 7.27. The van der Waals surface area contributed by atoms with Gasteiger partial charge in [-0.1, -0.05) is 68.4 Å². The van der Waals surface area contributed by atoms with Crippen LogP contribution in [0.15, 0.2) is 94.2 Å². The number of carbonyl (C=O) groups excluding carboxylic acids is 2. The van der Waals surface area contributed by atoms with Crippen LogP contribution in [0.3, 0.4) is 0 Å². The SMILES string of the molecule is Cc1c(C(=O)Nc2ccc(-c3ccc(S(=O)(=O)NC(C(=O)OC(C)(C)C)C(C)C)cc3)cc2)oc2ccc3ccccc3c12. The van der Waals surface area contributed by atoms with Crippen LogP contribution >= 0.6 is 0 Å². The molecule has 228 valence electrons. The van der Waals surface area contributed by atoms with Gasteiger partial charge < -0.3 is 14.5 Å². The number of amides is 1. The first-order valence-electron chi connectivity index (χ1n) is 14.4. The molecule has 0 saturated carbocycles. The van der Waals surface area contributed by atoms with E-state index in [1.165, 1.54) is 12.1 Å². The Morgan fingerprint density at radius 2 is 1.45 bits per heavy atom. The maximum absolute atomic E-state index is 13.2. The van der Waals surface area contributed by atoms with Crippen LogP contribution in [0.25, 0.3) is 32.9 Å². The van der Waals surface area contributed by atoms with Gasteiger partial charge in [-0.2, -0.15) is 4.72 Å². The maximum Gasteiger partial charge on any atom is 0.324 e. The number of benzene rings is 4. The predicted molar refractivity (Wildman–Crippen MR) is 173 cm³/mol. The number of sulfonamides is 1. The standard InChI is InChI=1S/C35H36N2O6S/c1-21(2)31(34(39)43-35(4,5)6)37-44(40,41)27-18-13-24(14-19-27)23-11-16-26(17-12-23)36-33(38)32-22(3)30-28-10-8-7-9-25(28)15-20-29(30)42-32/h7-21,31,37H,1-6H3,(H,36,38). The quantitative estimate of drug-likeness (QED) is 0.176. The molecular formula is C35H36N2O6S. The smallest absolute Gasteiger partial charge is 0.324 e. The highest BCUT2D eigenvalue weighted by molar-refractivity contribution is 7.89. The highest BCUT2D eigenvalue weighted by Gasteiger charge is 2.32. The average molecular weight is 613 g/mol. The van der Waals surface area contributed by atoms with Crippen LogP contribution in [0.4, 0.5) is 5.69 Å². The molecule has 8 nitrogen and oxygen atoms in total. The van der Waals surface area contributed by atoms with Gasteiger partial charge in [0.2, 0.25) is 10.0 Å². The van der Waals surface area contributed by atoms with E-state index in [9.17, 15) is 18.0 Å². The minimum atomic E-state index is -3.98. The van der Waals surface area contributed by atoms with E-state index in [0.29, 0.717) is 11.3 Å². The monoisotopic (exact) mass is 612 g/mol. The molecule has 0 fully saturated rings. The van der Waals surface area contributed by atoms with Crippen molar-refractivity contribution in [3.63, 3.8) is 0 Å². The summed E-state index contributed by atoms with van der Waals surface area (Å²) >= 11 is 0. The summed E-state index contributed by atoms with van der Waals surface area (Å²) in [5, 5.41) is 5.94. The number of esters is 1. The van der Waals surface area contributed by atoms with Gasteiger partial charge in [0, 0.05) is 16.6 Å². The van der Waals surface area contributed by atoms with Crippen molar-refractivity contribution < 1.29 is 27.2 Å². The van der Waals surface area contributed by atoms with Gasteiger partial charge in [-0.3, -0.25) is 9.59 Å². The maximum atomic E-state index is 13.2. The summed E-state index contributed by atoms with van der Waals surface area (Å²) < 4.78 is 40.1. The van der Waals surface area contributed by atoms with E-state index in [2.05, 4.69) is 10.0 Å². The van der Waals surface area contributed by atoms with E-state index in [4.69, 9.17) is 9.15 Å². The van der Waals surface area contributed by atoms with Gasteiger partial charge in [0.15, 0.2) is 5.76 Å². The highest BCUT2D eigenvalue weighted by atomic mass is 32.2. The Labute approximate surface area is 257 Å². The van der Waals surface area contributed by atoms with Crippen LogP contribution < -0.4 is 10.0 Å². The Morgan fingerprint density at radius 1 is 0.841 bits per heavy atom. The molecule has 0 saturated heterocycles. The zero-order valence-electron chi connectivity index (χ0n) is 25.6. The molecule has 1 unspecified atom stereocenters. The molecule has 0 bridgehead atoms. The fourth-order valence-corrected chi connectivity index (χ4v) is 6.39. The molecule has 2 N–H and O–H groups in total. The highest BCUT2D eigenvalue weighted by Crippen LogP contribution is 2.33. The lowest BCUT2D eigenvalue weighted by Gasteiger charge is -2.26. The van der Waals surface area contributed by atoms with Crippen molar-refractivity contribution >= 4 is 49.3 Å². The Kier molecular flexibility index (Phi) is 8.38. The molecule has 4 aromatic carbocycles. The second-order valence-corrected chi connectivity index (χ2v) is 13.9. The van der Waals surface area contributed by atoms with Gasteiger partial charge in [-0.05, 0) is 85.8 Å². The number of ether oxygens (including phenoxy) is 1. The summed E-state index contributed by atoms with van der Waals surface area (Å²) in [4.78, 5) is 25.8. The zero-order chi connectivity index (χ0) is 31.8. The molecular weight excluding hydrogens is 576 g/mol. The van der Waals surface area contributed by atoms with Gasteiger partial charge in [-0.15, -0.1) is 0 Å². The molecule has 44 heavy (non-hydrogen) atoms. The summed E-state index contributed by atoms with van der Waals surface area (Å²) in [6.07, 6.45) is 0. The first kappa shape index (κ1) is 31.0. The summed E-state index contributed by atoms with van der Waals surface area (Å²) in [5.74, 6) is -1.02. The number of rotatable bonds is 8. The number of fused-ring (bicyclic) bond motifs is 3. The van der Waals surface area contributed by atoms with Crippen LogP contribution in [0.5, 0.6) is 0 Å². The lowest BCUT2D eigenvalue weighted by molar-refractivity contribution is -0.158. The van der Waals surface area contributed by atoms with E-state index in [1.807, 2.05) is 55.5 Å². The van der Waals surface area contributed by atoms with Crippen LogP contribution in [0, 0.1) is 12.8 Å². The van der Waals surface area contributed by atoms with Gasteiger partial charge >= 0.3 is 5.97 Å². The van der Waals surface area contributed by atoms with Crippen molar-refractivity contribution in [2.75, 3.05) is 5.32 Å². The van der Waals surface area contributed by atoms with E-state index in [-0.39, 0.29) is 22.5 Å². The summed E-state index contributed by atoms with van der Waals surface area (Å²) in [5.41, 5.74) is 2.91. The van der Waals surface area contributed by atoms with Crippen LogP contribution in [0.2, 0.25) is 0 Å². The number of hydrogen-bond donors (Lipinski definition) is 2. The zero-order valence-corrected chi connectivity index (χ0v) is 26.4. The lowest BCUT2D eigenvalue weighted by atomic mass is 10.0. The van der Waals surface area contributed by atoms with Gasteiger partial charge in [-0.25, -0.2) is 8.42 Å². The van der Waals surface area contributed by atoms with Crippen LogP contribution in [-0.2, 0) is 19.6 Å². The number of furan rings is 1. The van der Waals surface area contributed by atoms with Crippen LogP contribution in [-0.4, -0.2) is 31.9 Å². The largest absolute Gasteiger partial charge is 0.459 e. The Balaban J connectivity index is 1.29. The van der Waals surface area contributed by atoms with E-state index in [0.717, 1.165) is 32.8 Å². The number of carbonyl (C=O) groups is 2. The van der Waals surface area contributed by atoms with Crippen molar-refractivity contribution in [3.8, 4) is 11.1 Å². The number of aryl methyl sites for hydroxylation is 1. The average Bonchev–Trinajstić information content (AvgIpc) is 3.32. The summed E-state index contributed by atoms with van der Waals surface area (Å²) in [6, 6.07) is 24.4. The summed E-state index contributed by atoms with van der Waals surface area (Å²) in [6.45, 7) is 10.6. The third-order valence-corrected chi connectivity index (χ3v) is 8.73. The first-order valence-corrected chi connectivity index (χ1v) is 15.9. The molecule has 1 heterocycles. The molecule has 0 aliphatic carbocycles. The minimum Gasteiger partial charge on any atom is -0.459 e. The van der Waals surface area contributed by atoms with Crippen LogP contribution in [0.1, 0.15) is 50.7 Å². The van der Waals surface area contributed by atoms with Crippen molar-refractivity contribution in [3.05, 3.63) is 96.3 Å². The van der Waals surface area contributed by atoms with E-state index < -0.39 is 27.6 Å². The second-order valence-electron chi connectivity index (χ2n) is 12.1.